The highest BCUT2D eigenvalue weighted by Gasteiger charge is 2.29. The van der Waals surface area contributed by atoms with E-state index < -0.39 is 16.0 Å². The first-order valence-corrected chi connectivity index (χ1v) is 10.1. The van der Waals surface area contributed by atoms with Crippen molar-refractivity contribution >= 4 is 43.9 Å². The van der Waals surface area contributed by atoms with E-state index in [2.05, 4.69) is 4.72 Å². The van der Waals surface area contributed by atoms with Gasteiger partial charge in [-0.25, -0.2) is 13.2 Å². The van der Waals surface area contributed by atoms with Crippen LogP contribution in [0.2, 0.25) is 5.02 Å². The Morgan fingerprint density at radius 2 is 2.04 bits per heavy atom. The van der Waals surface area contributed by atoms with Crippen LogP contribution in [-0.4, -0.2) is 28.6 Å². The minimum absolute atomic E-state index is 0.0114. The van der Waals surface area contributed by atoms with Crippen LogP contribution < -0.4 is 9.46 Å². The van der Waals surface area contributed by atoms with Crippen LogP contribution in [0.3, 0.4) is 0 Å². The highest BCUT2D eigenvalue weighted by molar-refractivity contribution is 7.93. The van der Waals surface area contributed by atoms with E-state index >= 15 is 0 Å². The molecule has 6 nitrogen and oxygen atoms in total. The Kier molecular flexibility index (Phi) is 4.95. The molecule has 1 heterocycles. The standard InChI is InChI=1S/C16H16ClNO5S2/c1-22-12-7-6-9(8-11(12)17)25(20,21)18-15-14(16(19)23-2)10-4-3-5-13(10)24-15/h6-8,18H,3-5H2,1-2H3. The van der Waals surface area contributed by atoms with E-state index in [-0.39, 0.29) is 14.9 Å². The fraction of sp³-hybridized carbons (Fsp3) is 0.312. The molecule has 0 amide bonds. The highest BCUT2D eigenvalue weighted by Crippen LogP contribution is 2.40. The average molecular weight is 402 g/mol. The molecule has 9 heteroatoms. The number of carbonyl (C=O) groups is 1. The van der Waals surface area contributed by atoms with E-state index in [9.17, 15) is 13.2 Å². The molecule has 1 aromatic heterocycles. The number of anilines is 1. The van der Waals surface area contributed by atoms with Crippen LogP contribution in [0.4, 0.5) is 5.00 Å². The molecule has 1 N–H and O–H groups in total. The predicted molar refractivity (Wildman–Crippen MR) is 96.5 cm³/mol. The molecule has 0 spiro atoms. The quantitative estimate of drug-likeness (QED) is 0.775. The van der Waals surface area contributed by atoms with E-state index in [1.54, 1.807) is 0 Å². The van der Waals surface area contributed by atoms with E-state index in [0.29, 0.717) is 11.3 Å². The van der Waals surface area contributed by atoms with Crippen molar-refractivity contribution in [3.05, 3.63) is 39.2 Å². The molecule has 134 valence electrons. The first-order chi connectivity index (χ1) is 11.9. The molecule has 3 rings (SSSR count). The molecule has 0 radical (unpaired) electrons. The van der Waals surface area contributed by atoms with E-state index in [1.165, 1.54) is 43.8 Å². The normalized spacial score (nSPS) is 13.4. The number of hydrogen-bond acceptors (Lipinski definition) is 6. The summed E-state index contributed by atoms with van der Waals surface area (Å²) < 4.78 is 37.7. The van der Waals surface area contributed by atoms with Gasteiger partial charge in [-0.3, -0.25) is 4.72 Å². The number of carbonyl (C=O) groups excluding carboxylic acids is 1. The second kappa shape index (κ2) is 6.86. The van der Waals surface area contributed by atoms with Gasteiger partial charge in [0, 0.05) is 4.88 Å². The van der Waals surface area contributed by atoms with Crippen molar-refractivity contribution in [1.29, 1.82) is 0 Å². The predicted octanol–water partition coefficient (Wildman–Crippen LogP) is 3.49. The minimum atomic E-state index is -3.90. The smallest absolute Gasteiger partial charge is 0.341 e. The monoisotopic (exact) mass is 401 g/mol. The Morgan fingerprint density at radius 1 is 1.28 bits per heavy atom. The van der Waals surface area contributed by atoms with Gasteiger partial charge in [-0.1, -0.05) is 11.6 Å². The number of hydrogen-bond donors (Lipinski definition) is 1. The minimum Gasteiger partial charge on any atom is -0.495 e. The van der Waals surface area contributed by atoms with Gasteiger partial charge in [-0.15, -0.1) is 11.3 Å². The summed E-state index contributed by atoms with van der Waals surface area (Å²) in [5, 5.41) is 0.468. The summed E-state index contributed by atoms with van der Waals surface area (Å²) in [5.74, 6) is -0.157. The molecular formula is C16H16ClNO5S2. The SMILES string of the molecule is COC(=O)c1c(NS(=O)(=O)c2ccc(OC)c(Cl)c2)sc2c1CCC2. The number of ether oxygens (including phenoxy) is 2. The third-order valence-corrected chi connectivity index (χ3v) is 6.95. The fourth-order valence-electron chi connectivity index (χ4n) is 2.79. The molecule has 0 unspecified atom stereocenters. The first kappa shape index (κ1) is 18.0. The lowest BCUT2D eigenvalue weighted by atomic mass is 10.1. The topological polar surface area (TPSA) is 81.7 Å². The maximum atomic E-state index is 12.7. The lowest BCUT2D eigenvalue weighted by Gasteiger charge is -2.10. The number of halogens is 1. The third-order valence-electron chi connectivity index (χ3n) is 3.97. The Bertz CT molecular complexity index is 936. The van der Waals surface area contributed by atoms with E-state index in [0.717, 1.165) is 29.7 Å². The number of rotatable bonds is 5. The van der Waals surface area contributed by atoms with Crippen LogP contribution in [0.5, 0.6) is 5.75 Å². The molecule has 1 aromatic carbocycles. The largest absolute Gasteiger partial charge is 0.495 e. The molecule has 1 aliphatic carbocycles. The number of sulfonamides is 1. The zero-order valence-electron chi connectivity index (χ0n) is 13.6. The van der Waals surface area contributed by atoms with Crippen LogP contribution in [0.15, 0.2) is 23.1 Å². The zero-order chi connectivity index (χ0) is 18.2. The number of methoxy groups -OCH3 is 2. The van der Waals surface area contributed by atoms with Crippen LogP contribution in [0.1, 0.15) is 27.2 Å². The Labute approximate surface area is 154 Å². The van der Waals surface area contributed by atoms with Crippen molar-refractivity contribution < 1.29 is 22.7 Å². The summed E-state index contributed by atoms with van der Waals surface area (Å²) in [7, 11) is -1.17. The summed E-state index contributed by atoms with van der Waals surface area (Å²) in [6, 6.07) is 4.18. The lowest BCUT2D eigenvalue weighted by Crippen LogP contribution is -2.15. The molecular weight excluding hydrogens is 386 g/mol. The number of thiophene rings is 1. The number of benzene rings is 1. The van der Waals surface area contributed by atoms with Gasteiger partial charge < -0.3 is 9.47 Å². The van der Waals surface area contributed by atoms with Gasteiger partial charge in [-0.2, -0.15) is 0 Å². The number of esters is 1. The average Bonchev–Trinajstić information content (AvgIpc) is 3.14. The van der Waals surface area contributed by atoms with Gasteiger partial charge in [0.25, 0.3) is 10.0 Å². The number of aryl methyl sites for hydroxylation is 1. The van der Waals surface area contributed by atoms with Gasteiger partial charge >= 0.3 is 5.97 Å². The fourth-order valence-corrected chi connectivity index (χ4v) is 5.72. The maximum Gasteiger partial charge on any atom is 0.341 e. The van der Waals surface area contributed by atoms with E-state index in [1.807, 2.05) is 0 Å². The zero-order valence-corrected chi connectivity index (χ0v) is 16.0. The van der Waals surface area contributed by atoms with Crippen molar-refractivity contribution in [3.63, 3.8) is 0 Å². The Morgan fingerprint density at radius 3 is 2.68 bits per heavy atom. The van der Waals surface area contributed by atoms with Crippen LogP contribution in [0, 0.1) is 0 Å². The Hall–Kier alpha value is -1.77. The molecule has 2 aromatic rings. The van der Waals surface area contributed by atoms with Crippen molar-refractivity contribution in [2.24, 2.45) is 0 Å². The second-order valence-corrected chi connectivity index (χ2v) is 8.65. The number of fused-ring (bicyclic) bond motifs is 1. The van der Waals surface area contributed by atoms with Gasteiger partial charge in [-0.05, 0) is 43.0 Å². The molecule has 0 saturated carbocycles. The van der Waals surface area contributed by atoms with Gasteiger partial charge in [0.2, 0.25) is 0 Å². The lowest BCUT2D eigenvalue weighted by molar-refractivity contribution is 0.0601. The van der Waals surface area contributed by atoms with Crippen LogP contribution >= 0.6 is 22.9 Å². The van der Waals surface area contributed by atoms with Crippen molar-refractivity contribution in [2.45, 2.75) is 24.2 Å². The summed E-state index contributed by atoms with van der Waals surface area (Å²) in [4.78, 5) is 13.1. The molecule has 1 aliphatic rings. The van der Waals surface area contributed by atoms with Crippen molar-refractivity contribution in [3.8, 4) is 5.75 Å². The Balaban J connectivity index is 1.99. The van der Waals surface area contributed by atoms with Crippen LogP contribution in [-0.2, 0) is 27.6 Å². The van der Waals surface area contributed by atoms with Crippen molar-refractivity contribution in [1.82, 2.24) is 0 Å². The first-order valence-electron chi connectivity index (χ1n) is 7.46. The molecule has 25 heavy (non-hydrogen) atoms. The maximum absolute atomic E-state index is 12.7. The molecule has 0 saturated heterocycles. The number of nitrogens with one attached hydrogen (secondary N) is 1. The summed E-state index contributed by atoms with van der Waals surface area (Å²) >= 11 is 7.29. The second-order valence-electron chi connectivity index (χ2n) is 5.45. The van der Waals surface area contributed by atoms with Gasteiger partial charge in [0.1, 0.15) is 10.8 Å². The van der Waals surface area contributed by atoms with Crippen LogP contribution in [0.25, 0.3) is 0 Å². The summed E-state index contributed by atoms with van der Waals surface area (Å²) in [5.41, 5.74) is 1.19. The molecule has 0 fully saturated rings. The van der Waals surface area contributed by atoms with Crippen molar-refractivity contribution in [2.75, 3.05) is 18.9 Å². The molecule has 0 atom stereocenters. The molecule has 0 bridgehead atoms. The summed E-state index contributed by atoms with van der Waals surface area (Å²) in [6.45, 7) is 0. The van der Waals surface area contributed by atoms with Gasteiger partial charge in [0.05, 0.1) is 29.7 Å². The van der Waals surface area contributed by atoms with Gasteiger partial charge in [0.15, 0.2) is 0 Å². The molecule has 0 aliphatic heterocycles. The third kappa shape index (κ3) is 3.33. The van der Waals surface area contributed by atoms with E-state index in [4.69, 9.17) is 21.1 Å². The highest BCUT2D eigenvalue weighted by atomic mass is 35.5. The summed E-state index contributed by atoms with van der Waals surface area (Å²) in [6.07, 6.45) is 2.53.